The number of hydrogen-bond acceptors (Lipinski definition) is 4. The van der Waals surface area contributed by atoms with E-state index in [0.29, 0.717) is 6.54 Å². The Balaban J connectivity index is 1.96. The van der Waals surface area contributed by atoms with Crippen LogP contribution in [0.1, 0.15) is 11.7 Å². The lowest BCUT2D eigenvalue weighted by Gasteiger charge is -2.16. The molecule has 0 spiro atoms. The Morgan fingerprint density at radius 2 is 1.86 bits per heavy atom. The van der Waals surface area contributed by atoms with E-state index in [4.69, 9.17) is 4.74 Å². The zero-order valence-electron chi connectivity index (χ0n) is 12.7. The first-order valence-corrected chi connectivity index (χ1v) is 6.93. The number of aliphatic hydroxyl groups is 1. The van der Waals surface area contributed by atoms with Crippen molar-refractivity contribution in [1.82, 2.24) is 0 Å². The van der Waals surface area contributed by atoms with Gasteiger partial charge in [-0.1, -0.05) is 18.2 Å². The summed E-state index contributed by atoms with van der Waals surface area (Å²) in [5, 5.41) is 13.5. The number of anilines is 2. The number of methoxy groups -OCH3 is 1. The standard InChI is InChI=1S/C17H22N2O2/c1-19(2)15-6-4-5-14(11-15)18-12-17(20)13-7-9-16(21-3)10-8-13/h4-11,17-18,20H,12H2,1-3H3. The smallest absolute Gasteiger partial charge is 0.118 e. The lowest BCUT2D eigenvalue weighted by molar-refractivity contribution is 0.191. The summed E-state index contributed by atoms with van der Waals surface area (Å²) in [4.78, 5) is 2.05. The molecule has 2 rings (SSSR count). The van der Waals surface area contributed by atoms with E-state index in [0.717, 1.165) is 22.7 Å². The molecule has 4 nitrogen and oxygen atoms in total. The van der Waals surface area contributed by atoms with Crippen molar-refractivity contribution < 1.29 is 9.84 Å². The first-order valence-electron chi connectivity index (χ1n) is 6.93. The lowest BCUT2D eigenvalue weighted by Crippen LogP contribution is -2.13. The highest BCUT2D eigenvalue weighted by atomic mass is 16.5. The summed E-state index contributed by atoms with van der Waals surface area (Å²) in [6.07, 6.45) is -0.557. The summed E-state index contributed by atoms with van der Waals surface area (Å²) in [5.74, 6) is 0.789. The van der Waals surface area contributed by atoms with Crippen molar-refractivity contribution in [3.05, 3.63) is 54.1 Å². The molecule has 0 heterocycles. The van der Waals surface area contributed by atoms with Crippen LogP contribution < -0.4 is 15.0 Å². The van der Waals surface area contributed by atoms with Crippen LogP contribution in [0.25, 0.3) is 0 Å². The monoisotopic (exact) mass is 286 g/mol. The van der Waals surface area contributed by atoms with Gasteiger partial charge in [0, 0.05) is 32.0 Å². The predicted octanol–water partition coefficient (Wildman–Crippen LogP) is 2.91. The molecule has 0 aliphatic carbocycles. The van der Waals surface area contributed by atoms with E-state index >= 15 is 0 Å². The van der Waals surface area contributed by atoms with Crippen LogP contribution >= 0.6 is 0 Å². The van der Waals surface area contributed by atoms with Gasteiger partial charge >= 0.3 is 0 Å². The summed E-state index contributed by atoms with van der Waals surface area (Å²) in [6, 6.07) is 15.6. The minimum Gasteiger partial charge on any atom is -0.497 e. The minimum atomic E-state index is -0.557. The van der Waals surface area contributed by atoms with Gasteiger partial charge in [0.25, 0.3) is 0 Å². The topological polar surface area (TPSA) is 44.7 Å². The maximum Gasteiger partial charge on any atom is 0.118 e. The average Bonchev–Trinajstić information content (AvgIpc) is 2.53. The van der Waals surface area contributed by atoms with Gasteiger partial charge in [-0.2, -0.15) is 0 Å². The van der Waals surface area contributed by atoms with Crippen LogP contribution in [0, 0.1) is 0 Å². The molecule has 0 fully saturated rings. The molecule has 0 amide bonds. The highest BCUT2D eigenvalue weighted by Gasteiger charge is 2.07. The Labute approximate surface area is 126 Å². The number of nitrogens with one attached hydrogen (secondary N) is 1. The largest absolute Gasteiger partial charge is 0.497 e. The number of rotatable bonds is 6. The predicted molar refractivity (Wildman–Crippen MR) is 87.2 cm³/mol. The summed E-state index contributed by atoms with van der Waals surface area (Å²) in [6.45, 7) is 0.462. The van der Waals surface area contributed by atoms with Crippen LogP contribution in [-0.4, -0.2) is 32.9 Å². The molecular weight excluding hydrogens is 264 g/mol. The molecular formula is C17H22N2O2. The fourth-order valence-electron chi connectivity index (χ4n) is 2.05. The molecule has 112 valence electrons. The molecule has 21 heavy (non-hydrogen) atoms. The molecule has 4 heteroatoms. The number of benzene rings is 2. The summed E-state index contributed by atoms with van der Waals surface area (Å²) in [7, 11) is 5.64. The van der Waals surface area contributed by atoms with Gasteiger partial charge < -0.3 is 20.1 Å². The third kappa shape index (κ3) is 4.13. The van der Waals surface area contributed by atoms with Crippen molar-refractivity contribution in [1.29, 1.82) is 0 Å². The molecule has 0 aromatic heterocycles. The van der Waals surface area contributed by atoms with Crippen LogP contribution in [-0.2, 0) is 0 Å². The molecule has 0 saturated carbocycles. The number of ether oxygens (including phenoxy) is 1. The molecule has 0 aliphatic heterocycles. The Kier molecular flexibility index (Phi) is 5.06. The number of nitrogens with zero attached hydrogens (tertiary/aromatic N) is 1. The molecule has 0 radical (unpaired) electrons. The summed E-state index contributed by atoms with van der Waals surface area (Å²) >= 11 is 0. The van der Waals surface area contributed by atoms with Crippen molar-refractivity contribution in [3.8, 4) is 5.75 Å². The fraction of sp³-hybridized carbons (Fsp3) is 0.294. The van der Waals surface area contributed by atoms with Crippen molar-refractivity contribution in [2.45, 2.75) is 6.10 Å². The third-order valence-electron chi connectivity index (χ3n) is 3.36. The lowest BCUT2D eigenvalue weighted by atomic mass is 10.1. The first kappa shape index (κ1) is 15.2. The molecule has 1 atom stereocenters. The Bertz CT molecular complexity index is 567. The van der Waals surface area contributed by atoms with Crippen molar-refractivity contribution in [2.24, 2.45) is 0 Å². The fourth-order valence-corrected chi connectivity index (χ4v) is 2.05. The van der Waals surface area contributed by atoms with E-state index < -0.39 is 6.10 Å². The van der Waals surface area contributed by atoms with Crippen LogP contribution in [0.5, 0.6) is 5.75 Å². The van der Waals surface area contributed by atoms with Crippen LogP contribution in [0.3, 0.4) is 0 Å². The van der Waals surface area contributed by atoms with Gasteiger partial charge in [0.05, 0.1) is 13.2 Å². The Morgan fingerprint density at radius 3 is 2.48 bits per heavy atom. The van der Waals surface area contributed by atoms with Gasteiger partial charge in [-0.15, -0.1) is 0 Å². The zero-order valence-corrected chi connectivity index (χ0v) is 12.7. The molecule has 2 N–H and O–H groups in total. The van der Waals surface area contributed by atoms with E-state index in [-0.39, 0.29) is 0 Å². The Morgan fingerprint density at radius 1 is 1.14 bits per heavy atom. The zero-order chi connectivity index (χ0) is 15.2. The van der Waals surface area contributed by atoms with Crippen LogP contribution in [0.4, 0.5) is 11.4 Å². The van der Waals surface area contributed by atoms with Crippen LogP contribution in [0.2, 0.25) is 0 Å². The van der Waals surface area contributed by atoms with E-state index in [1.807, 2.05) is 61.5 Å². The van der Waals surface area contributed by atoms with Gasteiger partial charge in [0.15, 0.2) is 0 Å². The van der Waals surface area contributed by atoms with Crippen LogP contribution in [0.15, 0.2) is 48.5 Å². The molecule has 0 saturated heterocycles. The van der Waals surface area contributed by atoms with E-state index in [1.54, 1.807) is 7.11 Å². The van der Waals surface area contributed by atoms with Gasteiger partial charge in [0.1, 0.15) is 5.75 Å². The molecule has 0 aliphatic rings. The summed E-state index contributed by atoms with van der Waals surface area (Å²) in [5.41, 5.74) is 2.99. The number of aliphatic hydroxyl groups excluding tert-OH is 1. The second-order valence-corrected chi connectivity index (χ2v) is 5.11. The molecule has 2 aromatic carbocycles. The quantitative estimate of drug-likeness (QED) is 0.857. The normalized spacial score (nSPS) is 11.8. The van der Waals surface area contributed by atoms with Gasteiger partial charge in [-0.3, -0.25) is 0 Å². The van der Waals surface area contributed by atoms with Gasteiger partial charge in [-0.05, 0) is 35.9 Å². The van der Waals surface area contributed by atoms with E-state index in [1.165, 1.54) is 0 Å². The summed E-state index contributed by atoms with van der Waals surface area (Å²) < 4.78 is 5.11. The van der Waals surface area contributed by atoms with E-state index in [9.17, 15) is 5.11 Å². The Hall–Kier alpha value is -2.20. The van der Waals surface area contributed by atoms with Crippen molar-refractivity contribution in [2.75, 3.05) is 38.0 Å². The van der Waals surface area contributed by atoms with Crippen molar-refractivity contribution in [3.63, 3.8) is 0 Å². The second-order valence-electron chi connectivity index (χ2n) is 5.11. The molecule has 1 unspecified atom stereocenters. The van der Waals surface area contributed by atoms with Crippen molar-refractivity contribution >= 4 is 11.4 Å². The SMILES string of the molecule is COc1ccc(C(O)CNc2cccc(N(C)C)c2)cc1. The van der Waals surface area contributed by atoms with E-state index in [2.05, 4.69) is 11.4 Å². The number of hydrogen-bond donors (Lipinski definition) is 2. The maximum absolute atomic E-state index is 10.2. The highest BCUT2D eigenvalue weighted by Crippen LogP contribution is 2.20. The second kappa shape index (κ2) is 6.99. The highest BCUT2D eigenvalue weighted by molar-refractivity contribution is 5.57. The molecule has 2 aromatic rings. The maximum atomic E-state index is 10.2. The van der Waals surface area contributed by atoms with Gasteiger partial charge in [-0.25, -0.2) is 0 Å². The van der Waals surface area contributed by atoms with Gasteiger partial charge in [0.2, 0.25) is 0 Å². The third-order valence-corrected chi connectivity index (χ3v) is 3.36. The molecule has 0 bridgehead atoms. The first-order chi connectivity index (χ1) is 10.1. The average molecular weight is 286 g/mol. The minimum absolute atomic E-state index is 0.462.